The number of nitrogens with one attached hydrogen (secondary N) is 4. The molecule has 32 nitrogen and oxygen atoms in total. The predicted molar refractivity (Wildman–Crippen MR) is 398 cm³/mol. The van der Waals surface area contributed by atoms with Crippen LogP contribution in [0.1, 0.15) is 89.8 Å². The molecule has 103 heavy (non-hydrogen) atoms. The van der Waals surface area contributed by atoms with Crippen molar-refractivity contribution in [1.29, 1.82) is 0 Å². The van der Waals surface area contributed by atoms with Gasteiger partial charge < -0.3 is 65.5 Å². The summed E-state index contributed by atoms with van der Waals surface area (Å²) in [5, 5.41) is 51.9. The summed E-state index contributed by atoms with van der Waals surface area (Å²) in [7, 11) is -5.96. The molecule has 4 aromatic carbocycles. The van der Waals surface area contributed by atoms with Crippen LogP contribution in [0.15, 0.2) is 114 Å². The van der Waals surface area contributed by atoms with Crippen LogP contribution >= 0.6 is 22.7 Å². The maximum absolute atomic E-state index is 13.8. The van der Waals surface area contributed by atoms with Gasteiger partial charge in [0.1, 0.15) is 34.5 Å². The van der Waals surface area contributed by atoms with E-state index in [1.807, 2.05) is 27.7 Å². The van der Waals surface area contributed by atoms with Gasteiger partial charge in [-0.15, -0.1) is 20.5 Å². The summed E-state index contributed by atoms with van der Waals surface area (Å²) in [5.41, 5.74) is 2.31. The minimum Gasteiger partial charge on any atom is -0.494 e. The summed E-state index contributed by atoms with van der Waals surface area (Å²) in [6.45, 7) is 14.6. The molecule has 2 saturated heterocycles. The molecule has 3 aromatic heterocycles. The number of piperidine rings is 2. The molecular formula is C67H82N18O14S4. The number of carbonyl (C=O) groups is 4. The number of aliphatic hydroxyl groups is 2. The van der Waals surface area contributed by atoms with E-state index in [1.54, 1.807) is 29.2 Å². The van der Waals surface area contributed by atoms with Crippen molar-refractivity contribution in [2.75, 3.05) is 139 Å². The first-order valence-electron chi connectivity index (χ1n) is 33.2. The Morgan fingerprint density at radius 2 is 0.903 bits per heavy atom. The fourth-order valence-corrected chi connectivity index (χ4v) is 14.0. The third kappa shape index (κ3) is 19.8. The number of nitrogens with zero attached hydrogens (tertiary/aromatic N) is 14. The molecule has 2 fully saturated rings. The van der Waals surface area contributed by atoms with Gasteiger partial charge in [-0.2, -0.15) is 41.8 Å². The van der Waals surface area contributed by atoms with Crippen LogP contribution in [0.5, 0.6) is 11.5 Å². The Kier molecular flexibility index (Phi) is 26.5. The zero-order valence-corrected chi connectivity index (χ0v) is 61.3. The van der Waals surface area contributed by atoms with Crippen LogP contribution in [0.2, 0.25) is 0 Å². The smallest absolute Gasteiger partial charge is 0.294 e. The summed E-state index contributed by atoms with van der Waals surface area (Å²) in [5.74, 6) is -0.909. The normalized spacial score (nSPS) is 13.9. The molecule has 0 radical (unpaired) electrons. The Morgan fingerprint density at radius 3 is 1.22 bits per heavy atom. The molecule has 36 heteroatoms. The average Bonchev–Trinajstić information content (AvgIpc) is 0.935. The molecule has 5 heterocycles. The van der Waals surface area contributed by atoms with Crippen molar-refractivity contribution in [2.24, 2.45) is 20.5 Å². The molecule has 7 aromatic rings. The van der Waals surface area contributed by atoms with Crippen LogP contribution in [-0.4, -0.2) is 177 Å². The van der Waals surface area contributed by atoms with Gasteiger partial charge in [0.15, 0.2) is 11.6 Å². The van der Waals surface area contributed by atoms with Crippen LogP contribution in [0.4, 0.5) is 85.2 Å². The van der Waals surface area contributed by atoms with Crippen LogP contribution in [-0.2, 0) is 39.4 Å². The number of aromatic nitrogens is 5. The standard InChI is InChI=1S/C67H82N18O14S4/c1-9-81(10-2)53-37-49(51(39-55(53)98-7)77-79-66-72-59(83-27-15-13-16-28-83)57(100-66)35-47(41(5)88)61(90)68-43-19-23-45(24-20-43)102(92,93)94)70-63-74-64(76-65(75-63)85(31-33-86)32-34-87)71-50-38-54(82(11-3)12-4)56(99-8)40-52(50)78-80-67-73-60(84-29-17-14-18-30-84)58(101-67)36-48(42(6)89)62(91)69-44-21-25-46(26-22-44)103(95,96)97/h19-26,35-40,86-87H,9-18,27-34H2,1-8H3,(H,68,90)(H,69,91)(H,92,93,94)(H,95,96,97)(H2,70,71,74,75,76)/b47-35+,48-36?,79-77?,80-78?. The van der Waals surface area contributed by atoms with E-state index >= 15 is 0 Å². The van der Waals surface area contributed by atoms with Crippen LogP contribution in [0.3, 0.4) is 0 Å². The third-order valence-electron chi connectivity index (χ3n) is 16.6. The van der Waals surface area contributed by atoms with Gasteiger partial charge in [-0.3, -0.25) is 28.3 Å². The highest BCUT2D eigenvalue weighted by Gasteiger charge is 2.28. The van der Waals surface area contributed by atoms with Crippen LogP contribution in [0.25, 0.3) is 12.2 Å². The number of ether oxygens (including phenoxy) is 2. The predicted octanol–water partition coefficient (Wildman–Crippen LogP) is 11.3. The number of carbonyl (C=O) groups excluding carboxylic acids is 4. The minimum atomic E-state index is -4.51. The fourth-order valence-electron chi connectivity index (χ4n) is 11.3. The van der Waals surface area contributed by atoms with Crippen molar-refractivity contribution in [2.45, 2.75) is 89.9 Å². The van der Waals surface area contributed by atoms with Gasteiger partial charge in [0.2, 0.25) is 28.1 Å². The fraction of sp³-hybridized carbons (Fsp3) is 0.388. The molecule has 0 saturated carbocycles. The van der Waals surface area contributed by atoms with Gasteiger partial charge >= 0.3 is 0 Å². The van der Waals surface area contributed by atoms with Crippen molar-refractivity contribution in [3.8, 4) is 11.5 Å². The summed E-state index contributed by atoms with van der Waals surface area (Å²) >= 11 is 2.17. The topological polar surface area (TPSA) is 414 Å². The van der Waals surface area contributed by atoms with Gasteiger partial charge in [-0.25, -0.2) is 0 Å². The van der Waals surface area contributed by atoms with E-state index in [-0.39, 0.29) is 98.1 Å². The first-order chi connectivity index (χ1) is 49.4. The van der Waals surface area contributed by atoms with E-state index in [1.165, 1.54) is 64.5 Å². The number of hydrogen-bond donors (Lipinski definition) is 8. The number of azo groups is 2. The van der Waals surface area contributed by atoms with Crippen molar-refractivity contribution < 1.29 is 64.8 Å². The lowest BCUT2D eigenvalue weighted by Crippen LogP contribution is -2.31. The Hall–Kier alpha value is -9.95. The number of ketones is 2. The highest BCUT2D eigenvalue weighted by molar-refractivity contribution is 7.86. The summed E-state index contributed by atoms with van der Waals surface area (Å²) in [6, 6.07) is 16.6. The number of amides is 2. The number of Topliss-reactive ketones (excluding diaryl/α,β-unsaturated/α-hetero) is 2. The molecular weight excluding hydrogens is 1410 g/mol. The minimum absolute atomic E-state index is 0.00141. The highest BCUT2D eigenvalue weighted by Crippen LogP contribution is 2.45. The molecule has 548 valence electrons. The van der Waals surface area contributed by atoms with Gasteiger partial charge in [0, 0.05) is 89.0 Å². The van der Waals surface area contributed by atoms with E-state index in [9.17, 15) is 55.3 Å². The lowest BCUT2D eigenvalue weighted by atomic mass is 10.1. The van der Waals surface area contributed by atoms with E-state index in [4.69, 9.17) is 44.6 Å². The van der Waals surface area contributed by atoms with Crippen molar-refractivity contribution >= 4 is 164 Å². The Balaban J connectivity index is 1.13. The number of thiazole rings is 2. The number of hydrogen-bond acceptors (Lipinski definition) is 30. The molecule has 2 aliphatic heterocycles. The van der Waals surface area contributed by atoms with Gasteiger partial charge in [-0.1, -0.05) is 22.7 Å². The van der Waals surface area contributed by atoms with E-state index < -0.39 is 43.6 Å². The Bertz CT molecular complexity index is 4290. The SMILES string of the molecule is CCN(CC)c1cc(Nc2nc(Nc3cc(N(CC)CC)c(OC)cc3N=Nc3nc(N4CCCCC4)c(/C=C(\C(C)=O)C(=O)Nc4ccc(S(=O)(=O)O)cc4)s3)nc(N(CCO)CCO)n2)c(N=Nc2nc(N3CCCCC3)c(C=C(C(C)=O)C(=O)Nc3ccc(S(=O)(=O)O)cc3)s2)cc1OC. The molecule has 0 aliphatic carbocycles. The highest BCUT2D eigenvalue weighted by atomic mass is 32.2. The van der Waals surface area contributed by atoms with Crippen molar-refractivity contribution in [3.63, 3.8) is 0 Å². The van der Waals surface area contributed by atoms with E-state index in [0.717, 1.165) is 85.5 Å². The number of anilines is 11. The second-order valence-corrected chi connectivity index (χ2v) is 28.3. The maximum Gasteiger partial charge on any atom is 0.294 e. The Morgan fingerprint density at radius 1 is 0.534 bits per heavy atom. The quantitative estimate of drug-likeness (QED) is 0.00623. The summed E-state index contributed by atoms with van der Waals surface area (Å²) in [6.07, 6.45) is 8.31. The first-order valence-corrected chi connectivity index (χ1v) is 37.7. The summed E-state index contributed by atoms with van der Waals surface area (Å²) < 4.78 is 77.8. The molecule has 0 bridgehead atoms. The Labute approximate surface area is 604 Å². The average molecular weight is 1490 g/mol. The van der Waals surface area contributed by atoms with Crippen LogP contribution < -0.4 is 55.2 Å². The molecule has 0 atom stereocenters. The molecule has 8 N–H and O–H groups in total. The monoisotopic (exact) mass is 1490 g/mol. The van der Waals surface area contributed by atoms with Gasteiger partial charge in [0.25, 0.3) is 32.1 Å². The number of methoxy groups -OCH3 is 2. The second-order valence-electron chi connectivity index (χ2n) is 23.4. The maximum atomic E-state index is 13.8. The zero-order chi connectivity index (χ0) is 74.1. The second kappa shape index (κ2) is 35.3. The van der Waals surface area contributed by atoms with E-state index in [2.05, 4.69) is 51.1 Å². The van der Waals surface area contributed by atoms with Crippen molar-refractivity contribution in [3.05, 3.63) is 93.7 Å². The molecule has 0 unspecified atom stereocenters. The number of benzene rings is 4. The third-order valence-corrected chi connectivity index (χ3v) is 20.1. The molecule has 9 rings (SSSR count). The molecule has 0 spiro atoms. The van der Waals surface area contributed by atoms with Crippen molar-refractivity contribution in [1.82, 2.24) is 24.9 Å². The van der Waals surface area contributed by atoms with Crippen LogP contribution in [0, 0.1) is 0 Å². The summed E-state index contributed by atoms with van der Waals surface area (Å²) in [4.78, 5) is 88.6. The van der Waals surface area contributed by atoms with Gasteiger partial charge in [0.05, 0.1) is 80.9 Å². The number of rotatable bonds is 33. The van der Waals surface area contributed by atoms with Gasteiger partial charge in [-0.05, 0) is 153 Å². The zero-order valence-electron chi connectivity index (χ0n) is 58.1. The number of aliphatic hydroxyl groups excluding tert-OH is 2. The first kappa shape index (κ1) is 77.2. The van der Waals surface area contributed by atoms with E-state index in [0.29, 0.717) is 108 Å². The largest absolute Gasteiger partial charge is 0.494 e. The molecule has 2 aliphatic rings. The molecule has 2 amide bonds. The lowest BCUT2D eigenvalue weighted by Gasteiger charge is -2.27. The lowest BCUT2D eigenvalue weighted by molar-refractivity contribution is -0.120.